The zero-order valence-corrected chi connectivity index (χ0v) is 17.6. The summed E-state index contributed by atoms with van der Waals surface area (Å²) >= 11 is 7.61. The molecule has 1 aliphatic rings. The molecule has 0 saturated carbocycles. The second kappa shape index (κ2) is 7.62. The third-order valence-electron chi connectivity index (χ3n) is 4.69. The summed E-state index contributed by atoms with van der Waals surface area (Å²) in [5, 5.41) is 10.0. The normalized spacial score (nSPS) is 19.1. The fourth-order valence-electron chi connectivity index (χ4n) is 4.06. The van der Waals surface area contributed by atoms with Crippen molar-refractivity contribution in [3.8, 4) is 0 Å². The van der Waals surface area contributed by atoms with Crippen LogP contribution in [0.5, 0.6) is 0 Å². The minimum atomic E-state index is 0.0734. The van der Waals surface area contributed by atoms with Gasteiger partial charge in [0.2, 0.25) is 0 Å². The molecule has 0 amide bonds. The maximum Gasteiger partial charge on any atom is 0.174 e. The highest BCUT2D eigenvalue weighted by atomic mass is 32.1. The summed E-state index contributed by atoms with van der Waals surface area (Å²) in [4.78, 5) is 7.87. The molecule has 26 heavy (non-hydrogen) atoms. The van der Waals surface area contributed by atoms with E-state index in [0.29, 0.717) is 6.04 Å². The van der Waals surface area contributed by atoms with Crippen LogP contribution in [0.25, 0.3) is 0 Å². The summed E-state index contributed by atoms with van der Waals surface area (Å²) < 4.78 is 0. The molecule has 0 radical (unpaired) electrons. The van der Waals surface area contributed by atoms with E-state index in [1.54, 1.807) is 17.5 Å². The predicted molar refractivity (Wildman–Crippen MR) is 115 cm³/mol. The lowest BCUT2D eigenvalue weighted by Crippen LogP contribution is -2.63. The number of thiocarbonyl (C=S) groups is 1. The van der Waals surface area contributed by atoms with Gasteiger partial charge in [-0.25, -0.2) is 0 Å². The summed E-state index contributed by atoms with van der Waals surface area (Å²) in [7, 11) is 0. The molecule has 2 aromatic rings. The van der Waals surface area contributed by atoms with Crippen molar-refractivity contribution in [2.45, 2.75) is 64.2 Å². The maximum atomic E-state index is 5.83. The number of hydrogen-bond acceptors (Lipinski definition) is 4. The fraction of sp³-hybridized carbons (Fsp3) is 0.500. The van der Waals surface area contributed by atoms with Crippen LogP contribution >= 0.6 is 23.6 Å². The molecule has 2 N–H and O–H groups in total. The Morgan fingerprint density at radius 3 is 2.58 bits per heavy atom. The van der Waals surface area contributed by atoms with Gasteiger partial charge in [-0.15, -0.1) is 11.3 Å². The smallest absolute Gasteiger partial charge is 0.174 e. The number of aromatic nitrogens is 1. The van der Waals surface area contributed by atoms with Crippen LogP contribution in [-0.2, 0) is 6.54 Å². The molecule has 140 valence electrons. The number of pyridine rings is 1. The molecule has 1 aliphatic heterocycles. The van der Waals surface area contributed by atoms with Gasteiger partial charge in [0.15, 0.2) is 5.11 Å². The highest BCUT2D eigenvalue weighted by Crippen LogP contribution is 2.33. The van der Waals surface area contributed by atoms with Crippen LogP contribution < -0.4 is 10.6 Å². The Morgan fingerprint density at radius 1 is 1.27 bits per heavy atom. The molecular formula is C20H28N4S2. The first-order valence-corrected chi connectivity index (χ1v) is 10.3. The van der Waals surface area contributed by atoms with Crippen molar-refractivity contribution < 1.29 is 0 Å². The first-order chi connectivity index (χ1) is 12.2. The van der Waals surface area contributed by atoms with E-state index in [9.17, 15) is 0 Å². The number of rotatable bonds is 4. The zero-order valence-electron chi connectivity index (χ0n) is 16.0. The van der Waals surface area contributed by atoms with Crippen LogP contribution in [0.2, 0.25) is 0 Å². The molecule has 0 aliphatic carbocycles. The van der Waals surface area contributed by atoms with E-state index in [1.165, 1.54) is 4.88 Å². The molecule has 2 aromatic heterocycles. The second-order valence-corrected chi connectivity index (χ2v) is 9.75. The van der Waals surface area contributed by atoms with Crippen LogP contribution in [0.4, 0.5) is 5.69 Å². The standard InChI is InChI=1S/C20H28N4S2/c1-19(2)11-16(12-20(3,4)23-19)24(14-17-8-6-10-26-17)18(25)22-15-7-5-9-21-13-15/h5-10,13,16,23H,11-12,14H2,1-4H3,(H,22,25). The van der Waals surface area contributed by atoms with Crippen molar-refractivity contribution >= 4 is 34.4 Å². The second-order valence-electron chi connectivity index (χ2n) is 8.33. The van der Waals surface area contributed by atoms with E-state index >= 15 is 0 Å². The Bertz CT molecular complexity index is 710. The van der Waals surface area contributed by atoms with Gasteiger partial charge >= 0.3 is 0 Å². The molecule has 6 heteroatoms. The third kappa shape index (κ3) is 5.02. The third-order valence-corrected chi connectivity index (χ3v) is 5.89. The van der Waals surface area contributed by atoms with Crippen molar-refractivity contribution in [3.63, 3.8) is 0 Å². The van der Waals surface area contributed by atoms with Gasteiger partial charge in [-0.1, -0.05) is 6.07 Å². The number of nitrogens with one attached hydrogen (secondary N) is 2. The highest BCUT2D eigenvalue weighted by Gasteiger charge is 2.40. The Hall–Kier alpha value is -1.50. The van der Waals surface area contributed by atoms with Crippen LogP contribution in [0, 0.1) is 0 Å². The highest BCUT2D eigenvalue weighted by molar-refractivity contribution is 7.80. The van der Waals surface area contributed by atoms with Gasteiger partial charge in [-0.3, -0.25) is 4.98 Å². The van der Waals surface area contributed by atoms with Gasteiger partial charge in [0, 0.05) is 28.2 Å². The number of piperidine rings is 1. The monoisotopic (exact) mass is 388 g/mol. The van der Waals surface area contributed by atoms with Gasteiger partial charge < -0.3 is 15.5 Å². The first-order valence-electron chi connectivity index (χ1n) is 9.03. The Labute approximate surface area is 166 Å². The van der Waals surface area contributed by atoms with Crippen molar-refractivity contribution in [2.75, 3.05) is 5.32 Å². The summed E-state index contributed by atoms with van der Waals surface area (Å²) in [5.74, 6) is 0. The lowest BCUT2D eigenvalue weighted by atomic mass is 9.79. The lowest BCUT2D eigenvalue weighted by Gasteiger charge is -2.50. The molecule has 4 nitrogen and oxygen atoms in total. The number of anilines is 1. The van der Waals surface area contributed by atoms with Crippen LogP contribution in [0.3, 0.4) is 0 Å². The van der Waals surface area contributed by atoms with Gasteiger partial charge in [0.1, 0.15) is 0 Å². The van der Waals surface area contributed by atoms with Gasteiger partial charge in [-0.2, -0.15) is 0 Å². The molecule has 0 aromatic carbocycles. The largest absolute Gasteiger partial charge is 0.341 e. The summed E-state index contributed by atoms with van der Waals surface area (Å²) in [5.41, 5.74) is 1.08. The van der Waals surface area contributed by atoms with E-state index in [2.05, 4.69) is 65.7 Å². The van der Waals surface area contributed by atoms with E-state index in [0.717, 1.165) is 30.2 Å². The predicted octanol–water partition coefficient (Wildman–Crippen LogP) is 4.65. The topological polar surface area (TPSA) is 40.2 Å². The fourth-order valence-corrected chi connectivity index (χ4v) is 5.09. The Balaban J connectivity index is 1.84. The van der Waals surface area contributed by atoms with E-state index in [4.69, 9.17) is 12.2 Å². The van der Waals surface area contributed by atoms with Gasteiger partial charge in [-0.05, 0) is 76.3 Å². The average Bonchev–Trinajstić information content (AvgIpc) is 3.03. The van der Waals surface area contributed by atoms with E-state index < -0.39 is 0 Å². The first kappa shape index (κ1) is 19.3. The van der Waals surface area contributed by atoms with Crippen LogP contribution in [0.15, 0.2) is 42.0 Å². The summed E-state index contributed by atoms with van der Waals surface area (Å²) in [6.07, 6.45) is 5.69. The van der Waals surface area contributed by atoms with Crippen LogP contribution in [-0.4, -0.2) is 32.1 Å². The SMILES string of the molecule is CC1(C)CC(N(Cc2cccs2)C(=S)Nc2cccnc2)CC(C)(C)N1. The lowest BCUT2D eigenvalue weighted by molar-refractivity contribution is 0.102. The number of hydrogen-bond donors (Lipinski definition) is 2. The molecule has 1 saturated heterocycles. The number of thiophene rings is 1. The molecule has 0 bridgehead atoms. The molecule has 0 unspecified atom stereocenters. The molecule has 1 fully saturated rings. The van der Waals surface area contributed by atoms with E-state index in [-0.39, 0.29) is 11.1 Å². The minimum Gasteiger partial charge on any atom is -0.341 e. The van der Waals surface area contributed by atoms with Crippen molar-refractivity contribution in [1.82, 2.24) is 15.2 Å². The maximum absolute atomic E-state index is 5.83. The quantitative estimate of drug-likeness (QED) is 0.746. The Kier molecular flexibility index (Phi) is 5.65. The minimum absolute atomic E-state index is 0.0734. The molecule has 0 spiro atoms. The Morgan fingerprint density at radius 2 is 2.00 bits per heavy atom. The van der Waals surface area contributed by atoms with E-state index in [1.807, 2.05) is 18.3 Å². The van der Waals surface area contributed by atoms with Gasteiger partial charge in [0.05, 0.1) is 18.4 Å². The molecule has 0 atom stereocenters. The summed E-state index contributed by atoms with van der Waals surface area (Å²) in [6.45, 7) is 9.95. The zero-order chi connectivity index (χ0) is 18.8. The summed E-state index contributed by atoms with van der Waals surface area (Å²) in [6, 6.07) is 8.58. The van der Waals surface area contributed by atoms with Crippen molar-refractivity contribution in [2.24, 2.45) is 0 Å². The van der Waals surface area contributed by atoms with Crippen LogP contribution in [0.1, 0.15) is 45.4 Å². The molecule has 3 rings (SSSR count). The van der Waals surface area contributed by atoms with Gasteiger partial charge in [0.25, 0.3) is 0 Å². The van der Waals surface area contributed by atoms with Crippen molar-refractivity contribution in [1.29, 1.82) is 0 Å². The molecular weight excluding hydrogens is 360 g/mol. The molecule has 3 heterocycles. The number of nitrogens with zero attached hydrogens (tertiary/aromatic N) is 2. The average molecular weight is 389 g/mol. The van der Waals surface area contributed by atoms with Crippen molar-refractivity contribution in [3.05, 3.63) is 46.9 Å².